The molecule has 1 aromatic carbocycles. The molecular weight excluding hydrogens is 248 g/mol. The van der Waals surface area contributed by atoms with Crippen LogP contribution >= 0.6 is 0 Å². The number of H-pyrrole nitrogens is 1. The number of hydrogen-bond acceptors (Lipinski definition) is 3. The predicted octanol–water partition coefficient (Wildman–Crippen LogP) is 1.13. The standard InChI is InChI=1S/C13H14N2O4/c1-19-10-4-2-9(3-5-10)6-7-15-11(12(16)17)8-14-13(15)18/h2-5,8H,6-7H2,1H3,(H,14,18)(H,16,17). The number of benzene rings is 1. The number of rotatable bonds is 5. The van der Waals surface area contributed by atoms with Crippen molar-refractivity contribution in [3.8, 4) is 5.75 Å². The van der Waals surface area contributed by atoms with Crippen molar-refractivity contribution in [2.45, 2.75) is 13.0 Å². The van der Waals surface area contributed by atoms with Crippen molar-refractivity contribution >= 4 is 5.97 Å². The number of methoxy groups -OCH3 is 1. The van der Waals surface area contributed by atoms with Gasteiger partial charge in [0.05, 0.1) is 7.11 Å². The number of carboxylic acid groups (broad SMARTS) is 1. The Bertz CT molecular complexity index is 625. The van der Waals surface area contributed by atoms with Gasteiger partial charge in [-0.1, -0.05) is 12.1 Å². The van der Waals surface area contributed by atoms with Gasteiger partial charge >= 0.3 is 11.7 Å². The lowest BCUT2D eigenvalue weighted by atomic mass is 10.1. The van der Waals surface area contributed by atoms with E-state index >= 15 is 0 Å². The number of ether oxygens (including phenoxy) is 1. The molecule has 0 radical (unpaired) electrons. The third-order valence-electron chi connectivity index (χ3n) is 2.87. The lowest BCUT2D eigenvalue weighted by Crippen LogP contribution is -2.22. The van der Waals surface area contributed by atoms with Crippen LogP contribution < -0.4 is 10.4 Å². The van der Waals surface area contributed by atoms with Crippen molar-refractivity contribution in [2.24, 2.45) is 0 Å². The Kier molecular flexibility index (Phi) is 3.70. The van der Waals surface area contributed by atoms with Gasteiger partial charge in [-0.2, -0.15) is 0 Å². The van der Waals surface area contributed by atoms with Crippen LogP contribution in [0.1, 0.15) is 16.1 Å². The first-order valence-electron chi connectivity index (χ1n) is 5.76. The monoisotopic (exact) mass is 262 g/mol. The molecule has 2 aromatic rings. The zero-order chi connectivity index (χ0) is 13.8. The van der Waals surface area contributed by atoms with Crippen LogP contribution in [0.2, 0.25) is 0 Å². The third-order valence-corrected chi connectivity index (χ3v) is 2.87. The molecule has 0 aliphatic rings. The predicted molar refractivity (Wildman–Crippen MR) is 68.7 cm³/mol. The van der Waals surface area contributed by atoms with E-state index in [9.17, 15) is 9.59 Å². The second-order valence-corrected chi connectivity index (χ2v) is 4.03. The molecule has 2 rings (SSSR count). The van der Waals surface area contributed by atoms with Gasteiger partial charge in [0.2, 0.25) is 0 Å². The third kappa shape index (κ3) is 2.85. The minimum atomic E-state index is -1.12. The number of nitrogens with one attached hydrogen (secondary N) is 1. The van der Waals surface area contributed by atoms with E-state index in [2.05, 4.69) is 4.98 Å². The molecular formula is C13H14N2O4. The van der Waals surface area contributed by atoms with Gasteiger partial charge in [0.25, 0.3) is 0 Å². The largest absolute Gasteiger partial charge is 0.497 e. The van der Waals surface area contributed by atoms with Crippen LogP contribution in [0.25, 0.3) is 0 Å². The molecule has 0 aliphatic carbocycles. The minimum Gasteiger partial charge on any atom is -0.497 e. The fourth-order valence-electron chi connectivity index (χ4n) is 1.83. The second kappa shape index (κ2) is 5.43. The molecule has 6 nitrogen and oxygen atoms in total. The number of carboxylic acids is 1. The molecule has 0 unspecified atom stereocenters. The first kappa shape index (κ1) is 12.9. The summed E-state index contributed by atoms with van der Waals surface area (Å²) in [5.74, 6) is -0.359. The van der Waals surface area contributed by atoms with Gasteiger partial charge in [0.1, 0.15) is 11.4 Å². The highest BCUT2D eigenvalue weighted by atomic mass is 16.5. The molecule has 6 heteroatoms. The van der Waals surface area contributed by atoms with Crippen molar-refractivity contribution in [1.29, 1.82) is 0 Å². The van der Waals surface area contributed by atoms with Crippen LogP contribution in [0.4, 0.5) is 0 Å². The van der Waals surface area contributed by atoms with Gasteiger partial charge in [0.15, 0.2) is 0 Å². The fourth-order valence-corrected chi connectivity index (χ4v) is 1.83. The van der Waals surface area contributed by atoms with Crippen molar-refractivity contribution in [2.75, 3.05) is 7.11 Å². The molecule has 0 saturated heterocycles. The Morgan fingerprint density at radius 3 is 2.63 bits per heavy atom. The van der Waals surface area contributed by atoms with Crippen LogP contribution in [-0.4, -0.2) is 27.7 Å². The van der Waals surface area contributed by atoms with Gasteiger partial charge in [-0.3, -0.25) is 4.57 Å². The highest BCUT2D eigenvalue weighted by Crippen LogP contribution is 2.12. The molecule has 100 valence electrons. The highest BCUT2D eigenvalue weighted by Gasteiger charge is 2.12. The van der Waals surface area contributed by atoms with E-state index in [-0.39, 0.29) is 5.69 Å². The first-order valence-corrected chi connectivity index (χ1v) is 5.76. The number of aryl methyl sites for hydroxylation is 1. The summed E-state index contributed by atoms with van der Waals surface area (Å²) in [6.07, 6.45) is 1.78. The molecule has 0 aliphatic heterocycles. The Balaban J connectivity index is 2.12. The van der Waals surface area contributed by atoms with E-state index in [1.165, 1.54) is 10.8 Å². The van der Waals surface area contributed by atoms with Crippen molar-refractivity contribution < 1.29 is 14.6 Å². The quantitative estimate of drug-likeness (QED) is 0.845. The molecule has 0 fully saturated rings. The van der Waals surface area contributed by atoms with E-state index in [0.717, 1.165) is 11.3 Å². The average Bonchev–Trinajstić information content (AvgIpc) is 2.78. The van der Waals surface area contributed by atoms with E-state index < -0.39 is 11.7 Å². The summed E-state index contributed by atoms with van der Waals surface area (Å²) in [4.78, 5) is 24.8. The lowest BCUT2D eigenvalue weighted by Gasteiger charge is -2.05. The smallest absolute Gasteiger partial charge is 0.354 e. The molecule has 0 saturated carbocycles. The van der Waals surface area contributed by atoms with E-state index in [1.807, 2.05) is 24.3 Å². The number of hydrogen-bond donors (Lipinski definition) is 2. The Morgan fingerprint density at radius 1 is 1.37 bits per heavy atom. The zero-order valence-electron chi connectivity index (χ0n) is 10.4. The SMILES string of the molecule is COc1ccc(CCn2c(C(=O)O)c[nH]c2=O)cc1. The average molecular weight is 262 g/mol. The normalized spacial score (nSPS) is 10.4. The minimum absolute atomic E-state index is 0.0292. The van der Waals surface area contributed by atoms with Crippen LogP contribution in [0.5, 0.6) is 5.75 Å². The Hall–Kier alpha value is -2.50. The van der Waals surface area contributed by atoms with Gasteiger partial charge < -0.3 is 14.8 Å². The maximum absolute atomic E-state index is 11.5. The molecule has 0 bridgehead atoms. The van der Waals surface area contributed by atoms with E-state index in [4.69, 9.17) is 9.84 Å². The van der Waals surface area contributed by atoms with Crippen LogP contribution in [0.3, 0.4) is 0 Å². The summed E-state index contributed by atoms with van der Waals surface area (Å²) < 4.78 is 6.27. The summed E-state index contributed by atoms with van der Waals surface area (Å²) in [5.41, 5.74) is 0.565. The van der Waals surface area contributed by atoms with Crippen molar-refractivity contribution in [1.82, 2.24) is 9.55 Å². The summed E-state index contributed by atoms with van der Waals surface area (Å²) in [7, 11) is 1.59. The van der Waals surface area contributed by atoms with Gasteiger partial charge in [-0.25, -0.2) is 9.59 Å². The van der Waals surface area contributed by atoms with E-state index in [1.54, 1.807) is 7.11 Å². The van der Waals surface area contributed by atoms with Crippen molar-refractivity contribution in [3.05, 3.63) is 52.2 Å². The number of carbonyl (C=O) groups is 1. The lowest BCUT2D eigenvalue weighted by molar-refractivity contribution is 0.0684. The maximum Gasteiger partial charge on any atom is 0.354 e. The molecule has 19 heavy (non-hydrogen) atoms. The fraction of sp³-hybridized carbons (Fsp3) is 0.231. The number of aromatic amines is 1. The summed E-state index contributed by atoms with van der Waals surface area (Å²) in [6.45, 7) is 0.316. The van der Waals surface area contributed by atoms with Crippen LogP contribution in [0.15, 0.2) is 35.3 Å². The molecule has 1 heterocycles. The summed E-state index contributed by atoms with van der Waals surface area (Å²) in [5, 5.41) is 8.95. The van der Waals surface area contributed by atoms with Gasteiger partial charge in [-0.05, 0) is 24.1 Å². The Labute approximate surface area is 109 Å². The molecule has 0 atom stereocenters. The maximum atomic E-state index is 11.5. The summed E-state index contributed by atoms with van der Waals surface area (Å²) in [6, 6.07) is 7.43. The number of aromatic nitrogens is 2. The van der Waals surface area contributed by atoms with Gasteiger partial charge in [-0.15, -0.1) is 0 Å². The molecule has 2 N–H and O–H groups in total. The molecule has 0 amide bonds. The van der Waals surface area contributed by atoms with Gasteiger partial charge in [0, 0.05) is 12.7 Å². The number of aromatic carboxylic acids is 1. The number of nitrogens with zero attached hydrogens (tertiary/aromatic N) is 1. The highest BCUT2D eigenvalue weighted by molar-refractivity contribution is 5.85. The first-order chi connectivity index (χ1) is 9.11. The topological polar surface area (TPSA) is 84.3 Å². The Morgan fingerprint density at radius 2 is 2.05 bits per heavy atom. The van der Waals surface area contributed by atoms with E-state index in [0.29, 0.717) is 13.0 Å². The number of imidazole rings is 1. The second-order valence-electron chi connectivity index (χ2n) is 4.03. The summed E-state index contributed by atoms with van der Waals surface area (Å²) >= 11 is 0. The molecule has 1 aromatic heterocycles. The van der Waals surface area contributed by atoms with Crippen molar-refractivity contribution in [3.63, 3.8) is 0 Å². The zero-order valence-corrected chi connectivity index (χ0v) is 10.4. The van der Waals surface area contributed by atoms with Crippen LogP contribution in [0, 0.1) is 0 Å². The van der Waals surface area contributed by atoms with Crippen LogP contribution in [-0.2, 0) is 13.0 Å². The molecule has 0 spiro atoms.